The minimum atomic E-state index is 0.262. The molecule has 2 N–H and O–H groups in total. The van der Waals surface area contributed by atoms with Crippen LogP contribution in [0.1, 0.15) is 27.7 Å². The van der Waals surface area contributed by atoms with Crippen molar-refractivity contribution in [2.45, 2.75) is 27.7 Å². The van der Waals surface area contributed by atoms with Crippen LogP contribution in [0.5, 0.6) is 11.5 Å². The Hall–Kier alpha value is -1.90. The van der Waals surface area contributed by atoms with Crippen molar-refractivity contribution in [3.63, 3.8) is 0 Å². The maximum absolute atomic E-state index is 9.11. The molecule has 0 fully saturated rings. The van der Waals surface area contributed by atoms with Crippen LogP contribution < -0.4 is 10.9 Å². The standard InChI is InChI=1S/C12H10BO2.2C2H6/c14-11-5-1-9(2-6-11)13-10-3-7-12(15)8-4-10;2*1-2/h1-8,14-15H;2*1-2H3. The van der Waals surface area contributed by atoms with E-state index >= 15 is 0 Å². The van der Waals surface area contributed by atoms with Crippen molar-refractivity contribution in [3.8, 4) is 11.5 Å². The fraction of sp³-hybridized carbons (Fsp3) is 0.250. The third-order valence-electron chi connectivity index (χ3n) is 2.12. The summed E-state index contributed by atoms with van der Waals surface area (Å²) < 4.78 is 0. The summed E-state index contributed by atoms with van der Waals surface area (Å²) in [6.07, 6.45) is 0. The number of hydrogen-bond donors (Lipinski definition) is 2. The quantitative estimate of drug-likeness (QED) is 0.812. The molecule has 0 spiro atoms. The predicted molar refractivity (Wildman–Crippen MR) is 83.9 cm³/mol. The lowest BCUT2D eigenvalue weighted by Gasteiger charge is -2.00. The van der Waals surface area contributed by atoms with Crippen molar-refractivity contribution in [1.29, 1.82) is 0 Å². The van der Waals surface area contributed by atoms with Crippen LogP contribution in [0.15, 0.2) is 48.5 Å². The molecule has 101 valence electrons. The maximum atomic E-state index is 9.11. The van der Waals surface area contributed by atoms with Gasteiger partial charge in [0.05, 0.1) is 0 Å². The number of hydrogen-bond acceptors (Lipinski definition) is 2. The average Bonchev–Trinajstić information content (AvgIpc) is 2.48. The lowest BCUT2D eigenvalue weighted by atomic mass is 9.64. The Balaban J connectivity index is 0.000000741. The summed E-state index contributed by atoms with van der Waals surface area (Å²) in [6, 6.07) is 13.9. The third kappa shape index (κ3) is 6.56. The van der Waals surface area contributed by atoms with Crippen molar-refractivity contribution < 1.29 is 10.2 Å². The van der Waals surface area contributed by atoms with Gasteiger partial charge in [-0.15, -0.1) is 0 Å². The Morgan fingerprint density at radius 2 is 0.842 bits per heavy atom. The molecule has 0 aliphatic heterocycles. The predicted octanol–water partition coefficient (Wildman–Crippen LogP) is 2.81. The highest BCUT2D eigenvalue weighted by Crippen LogP contribution is 2.04. The van der Waals surface area contributed by atoms with Crippen LogP contribution in [0.3, 0.4) is 0 Å². The fourth-order valence-electron chi connectivity index (χ4n) is 1.33. The second-order valence-electron chi connectivity index (χ2n) is 3.33. The highest BCUT2D eigenvalue weighted by atomic mass is 16.3. The van der Waals surface area contributed by atoms with E-state index < -0.39 is 0 Å². The van der Waals surface area contributed by atoms with Gasteiger partial charge >= 0.3 is 0 Å². The van der Waals surface area contributed by atoms with Crippen molar-refractivity contribution >= 4 is 18.2 Å². The number of phenolic OH excluding ortho intramolecular Hbond substituents is 2. The van der Waals surface area contributed by atoms with E-state index in [-0.39, 0.29) is 11.5 Å². The lowest BCUT2D eigenvalue weighted by Crippen LogP contribution is -2.26. The Labute approximate surface area is 117 Å². The normalized spacial score (nSPS) is 8.42. The SMILES string of the molecule is CC.CC.Oc1ccc([B]c2ccc(O)cc2)cc1. The minimum Gasteiger partial charge on any atom is -0.508 e. The van der Waals surface area contributed by atoms with Gasteiger partial charge in [-0.3, -0.25) is 0 Å². The van der Waals surface area contributed by atoms with E-state index in [9.17, 15) is 0 Å². The average molecular weight is 257 g/mol. The fourth-order valence-corrected chi connectivity index (χ4v) is 1.33. The molecule has 3 heteroatoms. The van der Waals surface area contributed by atoms with Crippen LogP contribution in [0, 0.1) is 0 Å². The first-order valence-corrected chi connectivity index (χ1v) is 6.67. The van der Waals surface area contributed by atoms with Gasteiger partial charge in [0.15, 0.2) is 7.28 Å². The van der Waals surface area contributed by atoms with Gasteiger partial charge in [-0.1, -0.05) is 62.9 Å². The zero-order chi connectivity index (χ0) is 14.7. The summed E-state index contributed by atoms with van der Waals surface area (Å²) in [4.78, 5) is 0. The number of phenols is 2. The van der Waals surface area contributed by atoms with Crippen LogP contribution in [0.4, 0.5) is 0 Å². The van der Waals surface area contributed by atoms with Crippen molar-refractivity contribution in [1.82, 2.24) is 0 Å². The summed E-state index contributed by atoms with van der Waals surface area (Å²) in [5.41, 5.74) is 2.02. The number of rotatable bonds is 2. The molecule has 0 saturated carbocycles. The minimum absolute atomic E-state index is 0.262. The molecule has 0 unspecified atom stereocenters. The van der Waals surface area contributed by atoms with Gasteiger partial charge in [0, 0.05) is 0 Å². The van der Waals surface area contributed by atoms with Crippen LogP contribution >= 0.6 is 0 Å². The van der Waals surface area contributed by atoms with Crippen molar-refractivity contribution in [2.24, 2.45) is 0 Å². The maximum Gasteiger partial charge on any atom is 0.191 e. The highest BCUT2D eigenvalue weighted by molar-refractivity contribution is 6.67. The second-order valence-corrected chi connectivity index (χ2v) is 3.33. The zero-order valence-electron chi connectivity index (χ0n) is 12.1. The summed E-state index contributed by atoms with van der Waals surface area (Å²) in [5, 5.41) is 18.2. The smallest absolute Gasteiger partial charge is 0.191 e. The molecular formula is C16H22BO2. The van der Waals surface area contributed by atoms with Crippen LogP contribution in [0.2, 0.25) is 0 Å². The Morgan fingerprint density at radius 3 is 1.11 bits per heavy atom. The molecule has 0 aliphatic rings. The van der Waals surface area contributed by atoms with E-state index in [1.54, 1.807) is 24.3 Å². The molecule has 1 radical (unpaired) electrons. The third-order valence-corrected chi connectivity index (χ3v) is 2.12. The van der Waals surface area contributed by atoms with Gasteiger partial charge in [0.1, 0.15) is 11.5 Å². The molecule has 0 heterocycles. The second kappa shape index (κ2) is 10.1. The van der Waals surface area contributed by atoms with Crippen molar-refractivity contribution in [3.05, 3.63) is 48.5 Å². The molecule has 2 aromatic carbocycles. The first kappa shape index (κ1) is 17.1. The van der Waals surface area contributed by atoms with Gasteiger partial charge in [-0.05, 0) is 24.3 Å². The van der Waals surface area contributed by atoms with Crippen LogP contribution in [-0.2, 0) is 0 Å². The molecule has 2 rings (SSSR count). The first-order chi connectivity index (χ1) is 9.24. The highest BCUT2D eigenvalue weighted by Gasteiger charge is 1.98. The molecular weight excluding hydrogens is 235 g/mol. The summed E-state index contributed by atoms with van der Waals surface area (Å²) in [5.74, 6) is 0.524. The monoisotopic (exact) mass is 257 g/mol. The van der Waals surface area contributed by atoms with E-state index in [1.807, 2.05) is 59.2 Å². The molecule has 0 aliphatic carbocycles. The Bertz CT molecular complexity index is 392. The van der Waals surface area contributed by atoms with E-state index in [1.165, 1.54) is 0 Å². The molecule has 0 saturated heterocycles. The number of benzene rings is 2. The Morgan fingerprint density at radius 1 is 0.579 bits per heavy atom. The molecule has 2 nitrogen and oxygen atoms in total. The zero-order valence-corrected chi connectivity index (χ0v) is 12.1. The van der Waals surface area contributed by atoms with Crippen molar-refractivity contribution in [2.75, 3.05) is 0 Å². The molecule has 0 amide bonds. The van der Waals surface area contributed by atoms with Gasteiger partial charge in [0.25, 0.3) is 0 Å². The van der Waals surface area contributed by atoms with Gasteiger partial charge in [-0.25, -0.2) is 0 Å². The number of aromatic hydroxyl groups is 2. The topological polar surface area (TPSA) is 40.5 Å². The first-order valence-electron chi connectivity index (χ1n) is 6.67. The lowest BCUT2D eigenvalue weighted by molar-refractivity contribution is 0.475. The van der Waals surface area contributed by atoms with Gasteiger partial charge in [0.2, 0.25) is 0 Å². The molecule has 2 aromatic rings. The van der Waals surface area contributed by atoms with E-state index in [2.05, 4.69) is 0 Å². The van der Waals surface area contributed by atoms with Gasteiger partial charge < -0.3 is 10.2 Å². The summed E-state index contributed by atoms with van der Waals surface area (Å²) >= 11 is 0. The molecule has 0 bridgehead atoms. The molecule has 0 aromatic heterocycles. The summed E-state index contributed by atoms with van der Waals surface area (Å²) in [6.45, 7) is 8.00. The molecule has 19 heavy (non-hydrogen) atoms. The van der Waals surface area contributed by atoms with E-state index in [4.69, 9.17) is 10.2 Å². The molecule has 0 atom stereocenters. The van der Waals surface area contributed by atoms with Gasteiger partial charge in [-0.2, -0.15) is 0 Å². The largest absolute Gasteiger partial charge is 0.508 e. The Kier molecular flexibility index (Phi) is 9.06. The van der Waals surface area contributed by atoms with Crippen LogP contribution in [-0.4, -0.2) is 17.5 Å². The van der Waals surface area contributed by atoms with E-state index in [0.717, 1.165) is 10.9 Å². The van der Waals surface area contributed by atoms with E-state index in [0.29, 0.717) is 0 Å². The van der Waals surface area contributed by atoms with Crippen LogP contribution in [0.25, 0.3) is 0 Å². The summed E-state index contributed by atoms with van der Waals surface area (Å²) in [7, 11) is 1.97.